The minimum absolute atomic E-state index is 0.0830. The molecule has 0 amide bonds. The van der Waals surface area contributed by atoms with E-state index in [9.17, 15) is 0 Å². The predicted octanol–water partition coefficient (Wildman–Crippen LogP) is 13.3. The minimum Gasteiger partial charge on any atom is -0.135 e. The van der Waals surface area contributed by atoms with E-state index in [2.05, 4.69) is 172 Å². The summed E-state index contributed by atoms with van der Waals surface area (Å²) in [7, 11) is 0. The standard InChI is InChI=1S/C46H34S/c1-29-43-45(47-44(29)33-16-8-5-9-17-33)39-27-26-34(28-40(39)46(43,2)3)42-37-20-12-10-18-35(37)41(36-19-11-13-21-38(36)42)32-24-22-31(23-25-32)30-14-6-4-7-15-30/h4-28H,1-3H3. The number of benzene rings is 7. The van der Waals surface area contributed by atoms with Gasteiger partial charge in [0.25, 0.3) is 0 Å². The maximum Gasteiger partial charge on any atom is 0.0396 e. The first-order valence-electron chi connectivity index (χ1n) is 16.4. The van der Waals surface area contributed by atoms with Gasteiger partial charge in [0, 0.05) is 15.2 Å². The normalized spacial score (nSPS) is 13.2. The van der Waals surface area contributed by atoms with Crippen LogP contribution in [0.4, 0.5) is 0 Å². The first-order chi connectivity index (χ1) is 23.0. The molecule has 1 aliphatic rings. The van der Waals surface area contributed by atoms with Crippen molar-refractivity contribution in [3.63, 3.8) is 0 Å². The average molecular weight is 619 g/mol. The van der Waals surface area contributed by atoms with Crippen molar-refractivity contribution in [2.75, 3.05) is 0 Å². The van der Waals surface area contributed by atoms with Gasteiger partial charge in [0.15, 0.2) is 0 Å². The largest absolute Gasteiger partial charge is 0.135 e. The summed E-state index contributed by atoms with van der Waals surface area (Å²) < 4.78 is 0. The van der Waals surface area contributed by atoms with Crippen LogP contribution >= 0.6 is 11.3 Å². The predicted molar refractivity (Wildman–Crippen MR) is 203 cm³/mol. The molecule has 1 heteroatoms. The van der Waals surface area contributed by atoms with Crippen molar-refractivity contribution >= 4 is 32.9 Å². The zero-order valence-corrected chi connectivity index (χ0v) is 27.7. The highest BCUT2D eigenvalue weighted by Gasteiger charge is 2.40. The molecular weight excluding hydrogens is 585 g/mol. The second kappa shape index (κ2) is 10.7. The summed E-state index contributed by atoms with van der Waals surface area (Å²) in [5.41, 5.74) is 14.6. The van der Waals surface area contributed by atoms with E-state index in [1.165, 1.54) is 92.5 Å². The second-order valence-corrected chi connectivity index (χ2v) is 14.3. The third-order valence-corrected chi connectivity index (χ3v) is 11.6. The van der Waals surface area contributed by atoms with Gasteiger partial charge in [-0.25, -0.2) is 0 Å². The Bertz CT molecular complexity index is 2400. The number of rotatable bonds is 4. The lowest BCUT2D eigenvalue weighted by Crippen LogP contribution is -2.16. The van der Waals surface area contributed by atoms with Crippen LogP contribution in [0.2, 0.25) is 0 Å². The molecule has 0 nitrogen and oxygen atoms in total. The topological polar surface area (TPSA) is 0 Å². The van der Waals surface area contributed by atoms with E-state index >= 15 is 0 Å². The van der Waals surface area contributed by atoms with Crippen LogP contribution in [0, 0.1) is 6.92 Å². The summed E-state index contributed by atoms with van der Waals surface area (Å²) in [4.78, 5) is 2.82. The van der Waals surface area contributed by atoms with Crippen LogP contribution in [-0.2, 0) is 5.41 Å². The van der Waals surface area contributed by atoms with Crippen molar-refractivity contribution in [1.82, 2.24) is 0 Å². The Kier molecular flexibility index (Phi) is 6.35. The van der Waals surface area contributed by atoms with E-state index in [-0.39, 0.29) is 5.41 Å². The monoisotopic (exact) mass is 618 g/mol. The van der Waals surface area contributed by atoms with Crippen LogP contribution in [-0.4, -0.2) is 0 Å². The molecule has 1 aromatic heterocycles. The van der Waals surface area contributed by atoms with Crippen molar-refractivity contribution in [2.45, 2.75) is 26.2 Å². The molecule has 0 unspecified atom stereocenters. The maximum absolute atomic E-state index is 2.49. The van der Waals surface area contributed by atoms with Gasteiger partial charge in [0.2, 0.25) is 0 Å². The van der Waals surface area contributed by atoms with Crippen LogP contribution in [0.15, 0.2) is 152 Å². The summed E-state index contributed by atoms with van der Waals surface area (Å²) >= 11 is 1.95. The smallest absolute Gasteiger partial charge is 0.0396 e. The first kappa shape index (κ1) is 28.0. The number of hydrogen-bond donors (Lipinski definition) is 0. The lowest BCUT2D eigenvalue weighted by Gasteiger charge is -2.24. The molecule has 0 bridgehead atoms. The van der Waals surface area contributed by atoms with Gasteiger partial charge in [-0.1, -0.05) is 159 Å². The molecule has 1 aliphatic carbocycles. The second-order valence-electron chi connectivity index (χ2n) is 13.3. The highest BCUT2D eigenvalue weighted by atomic mass is 32.1. The van der Waals surface area contributed by atoms with Crippen molar-refractivity contribution in [3.05, 3.63) is 168 Å². The summed E-state index contributed by atoms with van der Waals surface area (Å²) in [6.07, 6.45) is 0. The van der Waals surface area contributed by atoms with E-state index in [1.807, 2.05) is 11.3 Å². The highest BCUT2D eigenvalue weighted by Crippen LogP contribution is 2.57. The summed E-state index contributed by atoms with van der Waals surface area (Å²) in [5, 5.41) is 5.16. The third-order valence-electron chi connectivity index (χ3n) is 10.2. The Labute approximate surface area is 280 Å². The molecule has 1 heterocycles. The molecule has 47 heavy (non-hydrogen) atoms. The molecule has 8 aromatic rings. The van der Waals surface area contributed by atoms with Crippen molar-refractivity contribution in [3.8, 4) is 54.3 Å². The van der Waals surface area contributed by atoms with Crippen LogP contribution in [0.3, 0.4) is 0 Å². The van der Waals surface area contributed by atoms with E-state index < -0.39 is 0 Å². The fraction of sp³-hybridized carbons (Fsp3) is 0.0870. The highest BCUT2D eigenvalue weighted by molar-refractivity contribution is 7.19. The first-order valence-corrected chi connectivity index (χ1v) is 17.3. The van der Waals surface area contributed by atoms with Crippen molar-refractivity contribution in [2.24, 2.45) is 0 Å². The Morgan fingerprint density at radius 3 is 1.45 bits per heavy atom. The lowest BCUT2D eigenvalue weighted by atomic mass is 9.79. The summed E-state index contributed by atoms with van der Waals surface area (Å²) in [6.45, 7) is 7.14. The van der Waals surface area contributed by atoms with Crippen LogP contribution in [0.5, 0.6) is 0 Å². The van der Waals surface area contributed by atoms with Crippen molar-refractivity contribution < 1.29 is 0 Å². The number of hydrogen-bond acceptors (Lipinski definition) is 1. The van der Waals surface area contributed by atoms with Gasteiger partial charge >= 0.3 is 0 Å². The molecule has 0 atom stereocenters. The molecule has 0 radical (unpaired) electrons. The Morgan fingerprint density at radius 2 is 0.872 bits per heavy atom. The molecular formula is C46H34S. The average Bonchev–Trinajstić information content (AvgIpc) is 3.59. The lowest BCUT2D eigenvalue weighted by molar-refractivity contribution is 0.658. The van der Waals surface area contributed by atoms with Gasteiger partial charge in [0.1, 0.15) is 0 Å². The van der Waals surface area contributed by atoms with Gasteiger partial charge < -0.3 is 0 Å². The molecule has 0 fully saturated rings. The van der Waals surface area contributed by atoms with Crippen LogP contribution in [0.1, 0.15) is 30.5 Å². The van der Waals surface area contributed by atoms with Gasteiger partial charge in [-0.2, -0.15) is 0 Å². The van der Waals surface area contributed by atoms with E-state index in [1.54, 1.807) is 0 Å². The number of thiophene rings is 1. The fourth-order valence-electron chi connectivity index (χ4n) is 8.08. The van der Waals surface area contributed by atoms with Gasteiger partial charge in [-0.15, -0.1) is 11.3 Å². The molecule has 224 valence electrons. The Morgan fingerprint density at radius 1 is 0.426 bits per heavy atom. The van der Waals surface area contributed by atoms with Gasteiger partial charge in [0.05, 0.1) is 0 Å². The van der Waals surface area contributed by atoms with Crippen LogP contribution < -0.4 is 0 Å². The fourth-order valence-corrected chi connectivity index (χ4v) is 9.59. The van der Waals surface area contributed by atoms with Gasteiger partial charge in [-0.3, -0.25) is 0 Å². The molecule has 0 aliphatic heterocycles. The zero-order valence-electron chi connectivity index (χ0n) is 26.8. The van der Waals surface area contributed by atoms with Crippen LogP contribution in [0.25, 0.3) is 75.8 Å². The van der Waals surface area contributed by atoms with E-state index in [0.29, 0.717) is 0 Å². The Balaban J connectivity index is 1.23. The third kappa shape index (κ3) is 4.27. The van der Waals surface area contributed by atoms with E-state index in [4.69, 9.17) is 0 Å². The molecule has 7 aromatic carbocycles. The number of fused-ring (bicyclic) bond motifs is 5. The quantitative estimate of drug-likeness (QED) is 0.172. The molecule has 0 spiro atoms. The minimum atomic E-state index is -0.0830. The van der Waals surface area contributed by atoms with Crippen molar-refractivity contribution in [1.29, 1.82) is 0 Å². The Hall–Kier alpha value is -5.24. The zero-order chi connectivity index (χ0) is 31.7. The summed E-state index contributed by atoms with van der Waals surface area (Å²) in [6, 6.07) is 55.8. The molecule has 0 N–H and O–H groups in total. The van der Waals surface area contributed by atoms with Gasteiger partial charge in [-0.05, 0) is 95.7 Å². The molecule has 0 saturated carbocycles. The SMILES string of the molecule is Cc1c(-c2ccccc2)sc2c1C(C)(C)c1cc(-c3c4ccccc4c(-c4ccc(-c5ccccc5)cc4)c4ccccc34)ccc1-2. The summed E-state index contributed by atoms with van der Waals surface area (Å²) in [5.74, 6) is 0. The molecule has 0 saturated heterocycles. The van der Waals surface area contributed by atoms with E-state index in [0.717, 1.165) is 0 Å². The molecule has 9 rings (SSSR count). The maximum atomic E-state index is 2.49.